The van der Waals surface area contributed by atoms with Crippen molar-refractivity contribution in [1.82, 2.24) is 4.98 Å². The molecule has 1 unspecified atom stereocenters. The lowest BCUT2D eigenvalue weighted by Gasteiger charge is -2.10. The van der Waals surface area contributed by atoms with Gasteiger partial charge in [-0.15, -0.1) is 0 Å². The Bertz CT molecular complexity index is 673. The quantitative estimate of drug-likeness (QED) is 0.746. The Balaban J connectivity index is 2.17. The van der Waals surface area contributed by atoms with E-state index in [9.17, 15) is 5.11 Å². The molecule has 0 aliphatic rings. The lowest BCUT2D eigenvalue weighted by Crippen LogP contribution is -2.00. The minimum absolute atomic E-state index is 0.706. The number of furan rings is 1. The summed E-state index contributed by atoms with van der Waals surface area (Å²) in [5.74, 6) is 0.708. The molecule has 18 heavy (non-hydrogen) atoms. The van der Waals surface area contributed by atoms with E-state index in [2.05, 4.69) is 4.98 Å². The van der Waals surface area contributed by atoms with E-state index in [1.807, 2.05) is 49.4 Å². The van der Waals surface area contributed by atoms with Crippen molar-refractivity contribution in [1.29, 1.82) is 0 Å². The average Bonchev–Trinajstić information content (AvgIpc) is 2.75. The first kappa shape index (κ1) is 11.0. The number of rotatable bonds is 2. The summed E-state index contributed by atoms with van der Waals surface area (Å²) in [5.41, 5.74) is 3.03. The van der Waals surface area contributed by atoms with Crippen LogP contribution >= 0.6 is 0 Å². The Kier molecular flexibility index (Phi) is 2.61. The molecule has 2 aromatic heterocycles. The topological polar surface area (TPSA) is 46.3 Å². The molecule has 1 N–H and O–H groups in total. The smallest absolute Gasteiger partial charge is 0.153 e. The molecule has 3 aromatic rings. The monoisotopic (exact) mass is 239 g/mol. The minimum Gasteiger partial charge on any atom is -0.459 e. The fourth-order valence-electron chi connectivity index (χ4n) is 2.19. The van der Waals surface area contributed by atoms with Crippen LogP contribution in [0.3, 0.4) is 0 Å². The van der Waals surface area contributed by atoms with Gasteiger partial charge in [-0.2, -0.15) is 0 Å². The molecular weight excluding hydrogens is 226 g/mol. The Morgan fingerprint density at radius 2 is 1.89 bits per heavy atom. The highest BCUT2D eigenvalue weighted by molar-refractivity contribution is 5.78. The molecule has 2 heterocycles. The lowest BCUT2D eigenvalue weighted by molar-refractivity contribution is 0.219. The van der Waals surface area contributed by atoms with E-state index >= 15 is 0 Å². The summed E-state index contributed by atoms with van der Waals surface area (Å²) in [5, 5.41) is 10.5. The van der Waals surface area contributed by atoms with Gasteiger partial charge in [0.2, 0.25) is 0 Å². The van der Waals surface area contributed by atoms with Crippen molar-refractivity contribution in [2.45, 2.75) is 13.0 Å². The van der Waals surface area contributed by atoms with Crippen LogP contribution in [-0.2, 0) is 0 Å². The van der Waals surface area contributed by atoms with Crippen molar-refractivity contribution in [2.75, 3.05) is 0 Å². The Morgan fingerprint density at radius 1 is 1.11 bits per heavy atom. The molecule has 3 heteroatoms. The van der Waals surface area contributed by atoms with Crippen LogP contribution in [0.4, 0.5) is 0 Å². The van der Waals surface area contributed by atoms with Gasteiger partial charge >= 0.3 is 0 Å². The Morgan fingerprint density at radius 3 is 2.67 bits per heavy atom. The van der Waals surface area contributed by atoms with E-state index < -0.39 is 6.10 Å². The van der Waals surface area contributed by atoms with Gasteiger partial charge < -0.3 is 9.52 Å². The second-order valence-electron chi connectivity index (χ2n) is 4.24. The normalized spacial score (nSPS) is 12.8. The summed E-state index contributed by atoms with van der Waals surface area (Å²) in [4.78, 5) is 4.29. The number of pyridine rings is 1. The Hall–Kier alpha value is -2.13. The van der Waals surface area contributed by atoms with Crippen LogP contribution in [0.25, 0.3) is 11.1 Å². The van der Waals surface area contributed by atoms with E-state index in [4.69, 9.17) is 4.42 Å². The van der Waals surface area contributed by atoms with Crippen molar-refractivity contribution < 1.29 is 9.52 Å². The van der Waals surface area contributed by atoms with Gasteiger partial charge in [0.1, 0.15) is 17.4 Å². The SMILES string of the molecule is Cc1oc2cccnc2c1C(O)c1ccccc1. The molecule has 90 valence electrons. The second kappa shape index (κ2) is 4.27. The fourth-order valence-corrected chi connectivity index (χ4v) is 2.19. The van der Waals surface area contributed by atoms with Crippen molar-refractivity contribution in [3.05, 3.63) is 65.5 Å². The van der Waals surface area contributed by atoms with Crippen molar-refractivity contribution in [2.24, 2.45) is 0 Å². The van der Waals surface area contributed by atoms with E-state index in [0.717, 1.165) is 16.6 Å². The number of fused-ring (bicyclic) bond motifs is 1. The number of aliphatic hydroxyl groups is 1. The average molecular weight is 239 g/mol. The number of aliphatic hydroxyl groups excluding tert-OH is 1. The van der Waals surface area contributed by atoms with Crippen LogP contribution in [0.2, 0.25) is 0 Å². The summed E-state index contributed by atoms with van der Waals surface area (Å²) in [7, 11) is 0. The number of aryl methyl sites for hydroxylation is 1. The maximum atomic E-state index is 10.5. The molecule has 1 atom stereocenters. The molecule has 0 aliphatic heterocycles. The number of hydrogen-bond acceptors (Lipinski definition) is 3. The van der Waals surface area contributed by atoms with Crippen LogP contribution in [-0.4, -0.2) is 10.1 Å². The van der Waals surface area contributed by atoms with E-state index in [1.54, 1.807) is 6.20 Å². The van der Waals surface area contributed by atoms with Crippen LogP contribution in [0.5, 0.6) is 0 Å². The molecule has 0 spiro atoms. The van der Waals surface area contributed by atoms with Crippen LogP contribution in [0.1, 0.15) is 23.0 Å². The van der Waals surface area contributed by atoms with E-state index in [1.165, 1.54) is 0 Å². The van der Waals surface area contributed by atoms with Crippen LogP contribution in [0, 0.1) is 6.92 Å². The molecule has 0 amide bonds. The largest absolute Gasteiger partial charge is 0.459 e. The van der Waals surface area contributed by atoms with E-state index in [-0.39, 0.29) is 0 Å². The summed E-state index contributed by atoms with van der Waals surface area (Å²) in [6.45, 7) is 1.85. The summed E-state index contributed by atoms with van der Waals surface area (Å²) in [6, 6.07) is 13.2. The molecule has 0 saturated heterocycles. The first-order chi connectivity index (χ1) is 8.77. The maximum absolute atomic E-state index is 10.5. The summed E-state index contributed by atoms with van der Waals surface area (Å²) >= 11 is 0. The minimum atomic E-state index is -0.706. The number of benzene rings is 1. The van der Waals surface area contributed by atoms with Gasteiger partial charge in [-0.05, 0) is 24.6 Å². The van der Waals surface area contributed by atoms with Gasteiger partial charge in [0.15, 0.2) is 5.58 Å². The highest BCUT2D eigenvalue weighted by Crippen LogP contribution is 2.32. The van der Waals surface area contributed by atoms with Gasteiger partial charge in [-0.3, -0.25) is 4.98 Å². The molecule has 0 saturated carbocycles. The molecule has 0 radical (unpaired) electrons. The van der Waals surface area contributed by atoms with Gasteiger partial charge in [-0.25, -0.2) is 0 Å². The fraction of sp³-hybridized carbons (Fsp3) is 0.133. The van der Waals surface area contributed by atoms with Gasteiger partial charge in [0.25, 0.3) is 0 Å². The molecule has 3 nitrogen and oxygen atoms in total. The first-order valence-electron chi connectivity index (χ1n) is 5.84. The zero-order valence-corrected chi connectivity index (χ0v) is 10.00. The van der Waals surface area contributed by atoms with E-state index in [0.29, 0.717) is 11.3 Å². The highest BCUT2D eigenvalue weighted by Gasteiger charge is 2.20. The summed E-state index contributed by atoms with van der Waals surface area (Å²) in [6.07, 6.45) is 1.00. The predicted molar refractivity (Wildman–Crippen MR) is 69.2 cm³/mol. The standard InChI is InChI=1S/C15H13NO2/c1-10-13(14-12(18-10)8-5-9-16-14)15(17)11-6-3-2-4-7-11/h2-9,15,17H,1H3. The van der Waals surface area contributed by atoms with Gasteiger partial charge in [-0.1, -0.05) is 30.3 Å². The molecule has 0 fully saturated rings. The van der Waals surface area contributed by atoms with Crippen LogP contribution < -0.4 is 0 Å². The number of aromatic nitrogens is 1. The second-order valence-corrected chi connectivity index (χ2v) is 4.24. The van der Waals surface area contributed by atoms with Crippen molar-refractivity contribution in [3.63, 3.8) is 0 Å². The molecular formula is C15H13NO2. The first-order valence-corrected chi connectivity index (χ1v) is 5.84. The molecule has 0 aliphatic carbocycles. The predicted octanol–water partition coefficient (Wildman–Crippen LogP) is 3.22. The number of nitrogens with zero attached hydrogens (tertiary/aromatic N) is 1. The number of hydrogen-bond donors (Lipinski definition) is 1. The van der Waals surface area contributed by atoms with Gasteiger partial charge in [0.05, 0.1) is 5.56 Å². The molecule has 3 rings (SSSR count). The summed E-state index contributed by atoms with van der Waals surface area (Å²) < 4.78 is 5.62. The highest BCUT2D eigenvalue weighted by atomic mass is 16.3. The molecule has 0 bridgehead atoms. The van der Waals surface area contributed by atoms with Gasteiger partial charge in [0, 0.05) is 6.20 Å². The van der Waals surface area contributed by atoms with Crippen molar-refractivity contribution >= 4 is 11.1 Å². The van der Waals surface area contributed by atoms with Crippen LogP contribution in [0.15, 0.2) is 53.1 Å². The molecule has 1 aromatic carbocycles. The third-order valence-electron chi connectivity index (χ3n) is 3.06. The maximum Gasteiger partial charge on any atom is 0.153 e. The zero-order valence-electron chi connectivity index (χ0n) is 10.00. The van der Waals surface area contributed by atoms with Crippen molar-refractivity contribution in [3.8, 4) is 0 Å². The third-order valence-corrected chi connectivity index (χ3v) is 3.06. The Labute approximate surface area is 105 Å². The lowest BCUT2D eigenvalue weighted by atomic mass is 10.0. The zero-order chi connectivity index (χ0) is 12.5. The third kappa shape index (κ3) is 1.69.